The average Bonchev–Trinajstić information content (AvgIpc) is 2.82. The third kappa shape index (κ3) is 5.70. The van der Waals surface area contributed by atoms with Crippen LogP contribution in [0.2, 0.25) is 0 Å². The van der Waals surface area contributed by atoms with Gasteiger partial charge in [0, 0.05) is 43.7 Å². The van der Waals surface area contributed by atoms with Crippen LogP contribution in [0.25, 0.3) is 0 Å². The summed E-state index contributed by atoms with van der Waals surface area (Å²) in [5.74, 6) is 2.88. The van der Waals surface area contributed by atoms with E-state index in [0.29, 0.717) is 18.8 Å². The Labute approximate surface area is 186 Å². The van der Waals surface area contributed by atoms with Crippen LogP contribution in [0.5, 0.6) is 0 Å². The Bertz CT molecular complexity index is 789. The maximum atomic E-state index is 13.4. The molecule has 0 saturated heterocycles. The molecule has 1 aromatic rings. The van der Waals surface area contributed by atoms with Crippen LogP contribution in [0.1, 0.15) is 68.9 Å². The number of amides is 1. The van der Waals surface area contributed by atoms with E-state index in [1.807, 2.05) is 49.2 Å². The number of hydrogen-bond acceptors (Lipinski definition) is 4. The molecule has 1 saturated carbocycles. The molecule has 1 amide bonds. The van der Waals surface area contributed by atoms with Crippen LogP contribution in [-0.2, 0) is 14.3 Å². The standard InChI is InChI=1S/C26H35NO4/c1-4-19-13-15-20(16-14-19)23-18-24(25(29)27(3)21-10-7-6-8-11-21)31-26(30-5-2)22(23)12-9-17-28/h1,13-16,18,21-23,26,28H,5-12,17H2,2-3H3/t22-,23-,26-/m1/s1. The summed E-state index contributed by atoms with van der Waals surface area (Å²) in [6.45, 7) is 2.53. The predicted molar refractivity (Wildman–Crippen MR) is 121 cm³/mol. The number of nitrogens with zero attached hydrogens (tertiary/aromatic N) is 1. The first-order valence-electron chi connectivity index (χ1n) is 11.5. The van der Waals surface area contributed by atoms with Crippen LogP contribution in [-0.4, -0.2) is 48.5 Å². The number of carbonyl (C=O) groups is 1. The lowest BCUT2D eigenvalue weighted by atomic mass is 9.80. The van der Waals surface area contributed by atoms with E-state index in [4.69, 9.17) is 15.9 Å². The molecule has 0 bridgehead atoms. The van der Waals surface area contributed by atoms with Crippen molar-refractivity contribution in [2.24, 2.45) is 5.92 Å². The molecule has 1 aromatic carbocycles. The maximum absolute atomic E-state index is 13.4. The Morgan fingerprint density at radius 1 is 1.26 bits per heavy atom. The number of carbonyl (C=O) groups excluding carboxylic acids is 1. The van der Waals surface area contributed by atoms with Crippen LogP contribution < -0.4 is 0 Å². The van der Waals surface area contributed by atoms with E-state index in [1.165, 1.54) is 6.42 Å². The van der Waals surface area contributed by atoms with Crippen molar-refractivity contribution >= 4 is 5.91 Å². The minimum Gasteiger partial charge on any atom is -0.459 e. The third-order valence-electron chi connectivity index (χ3n) is 6.53. The summed E-state index contributed by atoms with van der Waals surface area (Å²) in [5, 5.41) is 9.42. The van der Waals surface area contributed by atoms with Gasteiger partial charge < -0.3 is 19.5 Å². The molecular formula is C26H35NO4. The zero-order valence-electron chi connectivity index (χ0n) is 18.8. The molecule has 168 valence electrons. The highest BCUT2D eigenvalue weighted by Gasteiger charge is 2.39. The molecule has 0 aromatic heterocycles. The molecule has 1 aliphatic heterocycles. The summed E-state index contributed by atoms with van der Waals surface area (Å²) in [7, 11) is 1.88. The topological polar surface area (TPSA) is 59.0 Å². The molecule has 3 atom stereocenters. The molecule has 1 aliphatic carbocycles. The summed E-state index contributed by atoms with van der Waals surface area (Å²) in [6, 6.07) is 8.14. The first kappa shape index (κ1) is 23.4. The molecule has 1 N–H and O–H groups in total. The highest BCUT2D eigenvalue weighted by atomic mass is 16.7. The van der Waals surface area contributed by atoms with Gasteiger partial charge in [0.2, 0.25) is 6.29 Å². The fourth-order valence-electron chi connectivity index (χ4n) is 4.75. The van der Waals surface area contributed by atoms with Gasteiger partial charge in [0.05, 0.1) is 0 Å². The molecule has 5 heteroatoms. The zero-order valence-corrected chi connectivity index (χ0v) is 18.8. The van der Waals surface area contributed by atoms with Crippen molar-refractivity contribution in [2.75, 3.05) is 20.3 Å². The molecular weight excluding hydrogens is 390 g/mol. The summed E-state index contributed by atoms with van der Waals surface area (Å²) in [5.41, 5.74) is 1.89. The Kier molecular flexibility index (Phi) is 8.57. The van der Waals surface area contributed by atoms with Gasteiger partial charge in [0.1, 0.15) is 0 Å². The van der Waals surface area contributed by atoms with Gasteiger partial charge in [-0.05, 0) is 56.4 Å². The van der Waals surface area contributed by atoms with Crippen LogP contribution in [0.15, 0.2) is 36.1 Å². The second-order valence-corrected chi connectivity index (χ2v) is 8.50. The molecule has 0 unspecified atom stereocenters. The van der Waals surface area contributed by atoms with E-state index in [2.05, 4.69) is 5.92 Å². The van der Waals surface area contributed by atoms with Gasteiger partial charge >= 0.3 is 0 Å². The second-order valence-electron chi connectivity index (χ2n) is 8.50. The van der Waals surface area contributed by atoms with Crippen molar-refractivity contribution in [1.82, 2.24) is 4.90 Å². The lowest BCUT2D eigenvalue weighted by molar-refractivity contribution is -0.170. The first-order chi connectivity index (χ1) is 15.1. The van der Waals surface area contributed by atoms with Gasteiger partial charge in [0.25, 0.3) is 5.91 Å². The van der Waals surface area contributed by atoms with Crippen LogP contribution in [0.4, 0.5) is 0 Å². The smallest absolute Gasteiger partial charge is 0.288 e. The fourth-order valence-corrected chi connectivity index (χ4v) is 4.75. The van der Waals surface area contributed by atoms with Gasteiger partial charge in [-0.3, -0.25) is 4.79 Å². The minimum absolute atomic E-state index is 0.000299. The van der Waals surface area contributed by atoms with Gasteiger partial charge in [-0.1, -0.05) is 37.3 Å². The molecule has 0 spiro atoms. The normalized spacial score (nSPS) is 24.1. The van der Waals surface area contributed by atoms with E-state index in [1.54, 1.807) is 0 Å². The van der Waals surface area contributed by atoms with Crippen molar-refractivity contribution in [2.45, 2.75) is 70.1 Å². The van der Waals surface area contributed by atoms with Gasteiger partial charge in [0.15, 0.2) is 5.76 Å². The molecule has 2 aliphatic rings. The van der Waals surface area contributed by atoms with Crippen molar-refractivity contribution in [3.8, 4) is 12.3 Å². The summed E-state index contributed by atoms with van der Waals surface area (Å²) >= 11 is 0. The van der Waals surface area contributed by atoms with Crippen molar-refractivity contribution in [3.05, 3.63) is 47.2 Å². The van der Waals surface area contributed by atoms with Crippen molar-refractivity contribution in [3.63, 3.8) is 0 Å². The molecule has 0 radical (unpaired) electrons. The number of benzene rings is 1. The number of aliphatic hydroxyl groups is 1. The van der Waals surface area contributed by atoms with E-state index < -0.39 is 6.29 Å². The van der Waals surface area contributed by atoms with Gasteiger partial charge in [-0.25, -0.2) is 0 Å². The Balaban J connectivity index is 1.92. The monoisotopic (exact) mass is 425 g/mol. The third-order valence-corrected chi connectivity index (χ3v) is 6.53. The second kappa shape index (κ2) is 11.4. The highest BCUT2D eigenvalue weighted by Crippen LogP contribution is 2.40. The Morgan fingerprint density at radius 3 is 2.58 bits per heavy atom. The number of ether oxygens (including phenoxy) is 2. The Morgan fingerprint density at radius 2 is 1.97 bits per heavy atom. The van der Waals surface area contributed by atoms with Crippen molar-refractivity contribution < 1.29 is 19.4 Å². The molecule has 1 heterocycles. The fraction of sp³-hybridized carbons (Fsp3) is 0.577. The molecule has 5 nitrogen and oxygen atoms in total. The van der Waals surface area contributed by atoms with E-state index in [9.17, 15) is 9.90 Å². The SMILES string of the molecule is C#Cc1ccc([C@H]2C=C(C(=O)N(C)C3CCCCC3)O[C@@H](OCC)[C@@H]2CCCO)cc1. The zero-order chi connectivity index (χ0) is 22.2. The van der Waals surface area contributed by atoms with Crippen LogP contribution in [0, 0.1) is 18.3 Å². The van der Waals surface area contributed by atoms with E-state index in [0.717, 1.165) is 43.2 Å². The number of aliphatic hydroxyl groups excluding tert-OH is 1. The summed E-state index contributed by atoms with van der Waals surface area (Å²) < 4.78 is 12.1. The lowest BCUT2D eigenvalue weighted by Gasteiger charge is -2.39. The largest absolute Gasteiger partial charge is 0.459 e. The quantitative estimate of drug-likeness (QED) is 0.634. The number of rotatable bonds is 8. The van der Waals surface area contributed by atoms with Gasteiger partial charge in [-0.15, -0.1) is 6.42 Å². The maximum Gasteiger partial charge on any atom is 0.288 e. The summed E-state index contributed by atoms with van der Waals surface area (Å²) in [6.07, 6.45) is 14.0. The van der Waals surface area contributed by atoms with E-state index in [-0.39, 0.29) is 30.4 Å². The number of likely N-dealkylation sites (N-methyl/N-ethyl adjacent to an activating group) is 1. The van der Waals surface area contributed by atoms with Crippen LogP contribution >= 0.6 is 0 Å². The highest BCUT2D eigenvalue weighted by molar-refractivity contribution is 5.91. The summed E-state index contributed by atoms with van der Waals surface area (Å²) in [4.78, 5) is 15.2. The van der Waals surface area contributed by atoms with E-state index >= 15 is 0 Å². The van der Waals surface area contributed by atoms with Crippen LogP contribution in [0.3, 0.4) is 0 Å². The molecule has 3 rings (SSSR count). The predicted octanol–water partition coefficient (Wildman–Crippen LogP) is 4.21. The lowest BCUT2D eigenvalue weighted by Crippen LogP contribution is -2.43. The molecule has 31 heavy (non-hydrogen) atoms. The molecule has 1 fully saturated rings. The number of terminal acetylenes is 1. The average molecular weight is 426 g/mol. The number of hydrogen-bond donors (Lipinski definition) is 1. The number of allylic oxidation sites excluding steroid dienone is 1. The van der Waals surface area contributed by atoms with Crippen molar-refractivity contribution in [1.29, 1.82) is 0 Å². The Hall–Kier alpha value is -2.29. The van der Waals surface area contributed by atoms with Gasteiger partial charge in [-0.2, -0.15) is 0 Å². The first-order valence-corrected chi connectivity index (χ1v) is 11.5. The minimum atomic E-state index is -0.530.